The van der Waals surface area contributed by atoms with E-state index in [0.29, 0.717) is 17.6 Å². The maximum Gasteiger partial charge on any atom is 0.339 e. The van der Waals surface area contributed by atoms with Crippen LogP contribution in [0.3, 0.4) is 0 Å². The monoisotopic (exact) mass is 355 g/mol. The van der Waals surface area contributed by atoms with Crippen molar-refractivity contribution in [3.05, 3.63) is 35.9 Å². The molecular formula is C16H22BrNO3. The van der Waals surface area contributed by atoms with Crippen LogP contribution in [0.2, 0.25) is 0 Å². The normalized spacial score (nSPS) is 29.5. The first-order chi connectivity index (χ1) is 9.65. The van der Waals surface area contributed by atoms with Crippen molar-refractivity contribution in [2.75, 3.05) is 7.05 Å². The molecule has 2 aliphatic rings. The predicted molar refractivity (Wildman–Crippen MR) is 85.4 cm³/mol. The van der Waals surface area contributed by atoms with Gasteiger partial charge < -0.3 is 14.7 Å². The van der Waals surface area contributed by atoms with Gasteiger partial charge in [-0.25, -0.2) is 4.79 Å². The van der Waals surface area contributed by atoms with Crippen LogP contribution in [0.1, 0.15) is 37.4 Å². The van der Waals surface area contributed by atoms with Crippen LogP contribution in [-0.2, 0) is 9.53 Å². The molecule has 0 saturated carbocycles. The number of hydrogen-bond acceptors (Lipinski definition) is 4. The molecule has 3 rings (SSSR count). The van der Waals surface area contributed by atoms with Crippen molar-refractivity contribution in [3.63, 3.8) is 0 Å². The lowest BCUT2D eigenvalue weighted by Gasteiger charge is -2.36. The minimum Gasteiger partial charge on any atom is -0.460 e. The third-order valence-electron chi connectivity index (χ3n) is 4.68. The summed E-state index contributed by atoms with van der Waals surface area (Å²) in [6.07, 6.45) is 2.94. The Morgan fingerprint density at radius 2 is 1.81 bits per heavy atom. The Bertz CT molecular complexity index is 468. The summed E-state index contributed by atoms with van der Waals surface area (Å²) in [7, 11) is 2.15. The third-order valence-corrected chi connectivity index (χ3v) is 4.68. The van der Waals surface area contributed by atoms with Gasteiger partial charge in [0.05, 0.1) is 0 Å². The molecule has 2 saturated heterocycles. The number of aliphatic hydroxyl groups is 1. The number of piperidine rings is 1. The topological polar surface area (TPSA) is 49.8 Å². The highest BCUT2D eigenvalue weighted by Gasteiger charge is 2.40. The van der Waals surface area contributed by atoms with Crippen molar-refractivity contribution in [2.24, 2.45) is 0 Å². The molecule has 0 aromatic heterocycles. The molecule has 0 spiro atoms. The van der Waals surface area contributed by atoms with E-state index in [1.54, 1.807) is 12.1 Å². The van der Waals surface area contributed by atoms with E-state index >= 15 is 0 Å². The highest BCUT2D eigenvalue weighted by Crippen LogP contribution is 2.35. The molecule has 2 bridgehead atoms. The van der Waals surface area contributed by atoms with Gasteiger partial charge in [0.25, 0.3) is 0 Å². The molecule has 5 heteroatoms. The number of fused-ring (bicyclic) bond motifs is 2. The van der Waals surface area contributed by atoms with Crippen LogP contribution >= 0.6 is 17.0 Å². The van der Waals surface area contributed by atoms with E-state index in [1.807, 2.05) is 18.2 Å². The van der Waals surface area contributed by atoms with Crippen LogP contribution in [-0.4, -0.2) is 41.2 Å². The number of esters is 1. The average molecular weight is 356 g/mol. The molecule has 0 radical (unpaired) electrons. The first kappa shape index (κ1) is 16.5. The zero-order chi connectivity index (χ0) is 14.1. The molecule has 4 atom stereocenters. The van der Waals surface area contributed by atoms with Crippen LogP contribution in [0, 0.1) is 0 Å². The van der Waals surface area contributed by atoms with Crippen molar-refractivity contribution < 1.29 is 14.6 Å². The minimum atomic E-state index is -1.17. The average Bonchev–Trinajstić information content (AvgIpc) is 2.69. The number of rotatable bonds is 3. The second-order valence-electron chi connectivity index (χ2n) is 5.89. The Hall–Kier alpha value is -0.910. The van der Waals surface area contributed by atoms with Crippen LogP contribution in [0.25, 0.3) is 0 Å². The molecular weight excluding hydrogens is 334 g/mol. The maximum atomic E-state index is 12.0. The second-order valence-corrected chi connectivity index (χ2v) is 5.89. The summed E-state index contributed by atoms with van der Waals surface area (Å²) in [5.74, 6) is -0.523. The van der Waals surface area contributed by atoms with E-state index in [2.05, 4.69) is 11.9 Å². The number of carbonyl (C=O) groups excluding carboxylic acids is 1. The van der Waals surface area contributed by atoms with E-state index in [4.69, 9.17) is 4.74 Å². The highest BCUT2D eigenvalue weighted by molar-refractivity contribution is 8.93. The summed E-state index contributed by atoms with van der Waals surface area (Å²) in [6.45, 7) is 0. The van der Waals surface area contributed by atoms with Gasteiger partial charge >= 0.3 is 5.97 Å². The van der Waals surface area contributed by atoms with E-state index in [0.717, 1.165) is 12.8 Å². The SMILES string of the molecule is Br.CN1[C@@H]2CC[C@H]1C[C@@H](OC(=O)C(O)c1ccccc1)C2. The Kier molecular flexibility index (Phi) is 5.41. The molecule has 2 fully saturated rings. The van der Waals surface area contributed by atoms with Gasteiger partial charge in [0, 0.05) is 12.1 Å². The van der Waals surface area contributed by atoms with E-state index < -0.39 is 12.1 Å². The number of halogens is 1. The smallest absolute Gasteiger partial charge is 0.339 e. The van der Waals surface area contributed by atoms with Crippen molar-refractivity contribution in [1.82, 2.24) is 4.90 Å². The zero-order valence-electron chi connectivity index (χ0n) is 12.1. The molecule has 1 N–H and O–H groups in total. The number of aliphatic hydroxyl groups excluding tert-OH is 1. The molecule has 0 aliphatic carbocycles. The molecule has 116 valence electrons. The molecule has 2 heterocycles. The van der Waals surface area contributed by atoms with Crippen LogP contribution in [0.5, 0.6) is 0 Å². The molecule has 2 aliphatic heterocycles. The number of ether oxygens (including phenoxy) is 1. The highest BCUT2D eigenvalue weighted by atomic mass is 79.9. The fourth-order valence-corrected chi connectivity index (χ4v) is 3.46. The molecule has 1 aromatic rings. The summed E-state index contributed by atoms with van der Waals surface area (Å²) < 4.78 is 5.52. The Balaban J connectivity index is 0.00000161. The van der Waals surface area contributed by atoms with Gasteiger partial charge in [-0.1, -0.05) is 30.3 Å². The van der Waals surface area contributed by atoms with Gasteiger partial charge in [-0.2, -0.15) is 0 Å². The zero-order valence-corrected chi connectivity index (χ0v) is 13.9. The van der Waals surface area contributed by atoms with Gasteiger partial charge in [-0.3, -0.25) is 0 Å². The second kappa shape index (κ2) is 6.90. The van der Waals surface area contributed by atoms with Crippen LogP contribution in [0.4, 0.5) is 0 Å². The largest absolute Gasteiger partial charge is 0.460 e. The van der Waals surface area contributed by atoms with E-state index in [1.165, 1.54) is 12.8 Å². The molecule has 1 aromatic carbocycles. The quantitative estimate of drug-likeness (QED) is 0.846. The lowest BCUT2D eigenvalue weighted by Crippen LogP contribution is -2.43. The molecule has 4 nitrogen and oxygen atoms in total. The van der Waals surface area contributed by atoms with Gasteiger partial charge in [-0.15, -0.1) is 17.0 Å². The number of carbonyl (C=O) groups is 1. The van der Waals surface area contributed by atoms with Crippen molar-refractivity contribution >= 4 is 23.0 Å². The van der Waals surface area contributed by atoms with Gasteiger partial charge in [0.1, 0.15) is 6.10 Å². The van der Waals surface area contributed by atoms with Gasteiger partial charge in [-0.05, 0) is 38.3 Å². The first-order valence-electron chi connectivity index (χ1n) is 7.30. The predicted octanol–water partition coefficient (Wildman–Crippen LogP) is 2.47. The number of benzene rings is 1. The third kappa shape index (κ3) is 3.47. The van der Waals surface area contributed by atoms with E-state index in [9.17, 15) is 9.90 Å². The lowest BCUT2D eigenvalue weighted by molar-refractivity contribution is -0.162. The van der Waals surface area contributed by atoms with Crippen molar-refractivity contribution in [3.8, 4) is 0 Å². The van der Waals surface area contributed by atoms with Crippen molar-refractivity contribution in [2.45, 2.75) is 50.0 Å². The van der Waals surface area contributed by atoms with Crippen LogP contribution < -0.4 is 0 Å². The minimum absolute atomic E-state index is 0. The lowest BCUT2D eigenvalue weighted by atomic mass is 10.0. The summed E-state index contributed by atoms with van der Waals surface area (Å²) >= 11 is 0. The molecule has 1 unspecified atom stereocenters. The van der Waals surface area contributed by atoms with Crippen molar-refractivity contribution in [1.29, 1.82) is 0 Å². The molecule has 0 amide bonds. The maximum absolute atomic E-state index is 12.0. The summed E-state index contributed by atoms with van der Waals surface area (Å²) in [6, 6.07) is 10.0. The fourth-order valence-electron chi connectivity index (χ4n) is 3.46. The Morgan fingerprint density at radius 3 is 2.38 bits per heavy atom. The standard InChI is InChI=1S/C16H21NO3.BrH/c1-17-12-7-8-13(17)10-14(9-12)20-16(19)15(18)11-5-3-2-4-6-11;/h2-6,12-15,18H,7-10H2,1H3;1H/t12-,13+,14+,15?;. The first-order valence-corrected chi connectivity index (χ1v) is 7.30. The number of hydrogen-bond donors (Lipinski definition) is 1. The summed E-state index contributed by atoms with van der Waals surface area (Å²) in [5, 5.41) is 10.0. The Labute approximate surface area is 135 Å². The molecule has 21 heavy (non-hydrogen) atoms. The summed E-state index contributed by atoms with van der Waals surface area (Å²) in [4.78, 5) is 14.4. The van der Waals surface area contributed by atoms with E-state index in [-0.39, 0.29) is 23.1 Å². The number of nitrogens with zero attached hydrogens (tertiary/aromatic N) is 1. The van der Waals surface area contributed by atoms with Gasteiger partial charge in [0.15, 0.2) is 6.10 Å². The fraction of sp³-hybridized carbons (Fsp3) is 0.562. The summed E-state index contributed by atoms with van der Waals surface area (Å²) in [5.41, 5.74) is 0.591. The Morgan fingerprint density at radius 1 is 1.24 bits per heavy atom. The van der Waals surface area contributed by atoms with Crippen LogP contribution in [0.15, 0.2) is 30.3 Å². The van der Waals surface area contributed by atoms with Gasteiger partial charge in [0.2, 0.25) is 0 Å².